The van der Waals surface area contributed by atoms with Gasteiger partial charge in [0.15, 0.2) is 11.0 Å². The Morgan fingerprint density at radius 2 is 2.10 bits per heavy atom. The fourth-order valence-corrected chi connectivity index (χ4v) is 6.51. The van der Waals surface area contributed by atoms with E-state index in [0.29, 0.717) is 11.7 Å². The van der Waals surface area contributed by atoms with Crippen molar-refractivity contribution in [3.8, 4) is 11.4 Å². The zero-order valence-electron chi connectivity index (χ0n) is 18.1. The van der Waals surface area contributed by atoms with Crippen molar-refractivity contribution in [1.82, 2.24) is 24.7 Å². The molecule has 8 heteroatoms. The normalized spacial score (nSPS) is 17.1. The van der Waals surface area contributed by atoms with Gasteiger partial charge in [0.1, 0.15) is 10.7 Å². The summed E-state index contributed by atoms with van der Waals surface area (Å²) in [5.74, 6) is 2.20. The number of hydrogen-bond acceptors (Lipinski definition) is 6. The molecular formula is C23H25N5OS2. The third-order valence-electron chi connectivity index (χ3n) is 6.07. The molecule has 0 radical (unpaired) electrons. The highest BCUT2D eigenvalue weighted by Crippen LogP contribution is 2.38. The van der Waals surface area contributed by atoms with Crippen molar-refractivity contribution < 1.29 is 0 Å². The van der Waals surface area contributed by atoms with E-state index >= 15 is 0 Å². The van der Waals surface area contributed by atoms with E-state index in [2.05, 4.69) is 41.2 Å². The second kappa shape index (κ2) is 7.91. The maximum absolute atomic E-state index is 12.9. The van der Waals surface area contributed by atoms with Crippen LogP contribution in [0.3, 0.4) is 0 Å². The van der Waals surface area contributed by atoms with Crippen LogP contribution in [0.15, 0.2) is 34.2 Å². The van der Waals surface area contributed by atoms with E-state index in [1.165, 1.54) is 10.4 Å². The fourth-order valence-electron chi connectivity index (χ4n) is 4.25. The van der Waals surface area contributed by atoms with Crippen LogP contribution in [0, 0.1) is 12.8 Å². The Morgan fingerprint density at radius 3 is 2.90 bits per heavy atom. The van der Waals surface area contributed by atoms with Crippen LogP contribution in [0.4, 0.5) is 0 Å². The van der Waals surface area contributed by atoms with E-state index in [9.17, 15) is 4.79 Å². The van der Waals surface area contributed by atoms with E-state index in [1.54, 1.807) is 23.1 Å². The summed E-state index contributed by atoms with van der Waals surface area (Å²) in [7, 11) is 1.98. The molecule has 160 valence electrons. The summed E-state index contributed by atoms with van der Waals surface area (Å²) in [6, 6.07) is 8.17. The largest absolute Gasteiger partial charge is 0.309 e. The Morgan fingerprint density at radius 1 is 1.29 bits per heavy atom. The van der Waals surface area contributed by atoms with Gasteiger partial charge in [-0.05, 0) is 50.2 Å². The van der Waals surface area contributed by atoms with Crippen molar-refractivity contribution in [3.63, 3.8) is 0 Å². The molecule has 1 N–H and O–H groups in total. The van der Waals surface area contributed by atoms with E-state index in [1.807, 2.05) is 30.7 Å². The van der Waals surface area contributed by atoms with Crippen LogP contribution in [0.5, 0.6) is 0 Å². The quantitative estimate of drug-likeness (QED) is 0.439. The first-order chi connectivity index (χ1) is 14.9. The van der Waals surface area contributed by atoms with Gasteiger partial charge in [0.2, 0.25) is 0 Å². The average molecular weight is 452 g/mol. The Balaban J connectivity index is 1.46. The predicted octanol–water partition coefficient (Wildman–Crippen LogP) is 5.07. The standard InChI is InChI=1S/C23H25N5OS2/c1-12-9-10-16-17(11-12)31-22-18(16)21(29)24-19(25-22)14(3)30-23-27-26-20(28(23)4)15-8-6-5-7-13(15)2/h5-8,12,14H,9-11H2,1-4H3,(H,24,25,29). The first-order valence-electron chi connectivity index (χ1n) is 10.6. The van der Waals surface area contributed by atoms with Crippen LogP contribution in [0.2, 0.25) is 0 Å². The molecular weight excluding hydrogens is 426 g/mol. The molecule has 0 spiro atoms. The fraction of sp³-hybridized carbons (Fsp3) is 0.391. The van der Waals surface area contributed by atoms with Crippen molar-refractivity contribution in [3.05, 3.63) is 56.4 Å². The molecule has 0 bridgehead atoms. The molecule has 0 saturated heterocycles. The van der Waals surface area contributed by atoms with Crippen molar-refractivity contribution >= 4 is 33.3 Å². The Hall–Kier alpha value is -2.45. The van der Waals surface area contributed by atoms with Gasteiger partial charge in [-0.1, -0.05) is 43.0 Å². The molecule has 3 aromatic heterocycles. The molecule has 31 heavy (non-hydrogen) atoms. The molecule has 3 heterocycles. The maximum atomic E-state index is 12.9. The Bertz CT molecular complexity index is 1340. The van der Waals surface area contributed by atoms with E-state index in [0.717, 1.165) is 51.6 Å². The third kappa shape index (κ3) is 3.61. The first-order valence-corrected chi connectivity index (χ1v) is 12.3. The van der Waals surface area contributed by atoms with Crippen LogP contribution in [0.1, 0.15) is 47.3 Å². The summed E-state index contributed by atoms with van der Waals surface area (Å²) in [6.45, 7) is 6.40. The minimum atomic E-state index is -0.0530. The smallest absolute Gasteiger partial charge is 0.259 e. The highest BCUT2D eigenvalue weighted by Gasteiger charge is 2.24. The summed E-state index contributed by atoms with van der Waals surface area (Å²) in [5, 5.41) is 10.4. The topological polar surface area (TPSA) is 76.5 Å². The lowest BCUT2D eigenvalue weighted by molar-refractivity contribution is 0.509. The number of H-pyrrole nitrogens is 1. The molecule has 2 unspecified atom stereocenters. The average Bonchev–Trinajstić information content (AvgIpc) is 3.28. The molecule has 1 aromatic carbocycles. The lowest BCUT2D eigenvalue weighted by atomic mass is 9.89. The number of hydrogen-bond donors (Lipinski definition) is 1. The molecule has 6 nitrogen and oxygen atoms in total. The Kier molecular flexibility index (Phi) is 5.22. The highest BCUT2D eigenvalue weighted by molar-refractivity contribution is 7.99. The van der Waals surface area contributed by atoms with Gasteiger partial charge < -0.3 is 9.55 Å². The van der Waals surface area contributed by atoms with Gasteiger partial charge in [-0.15, -0.1) is 21.5 Å². The van der Waals surface area contributed by atoms with Gasteiger partial charge in [-0.3, -0.25) is 4.79 Å². The number of benzene rings is 1. The SMILES string of the molecule is Cc1ccccc1-c1nnc(SC(C)c2nc3sc4c(c3c(=O)[nH]2)CCC(C)C4)n1C. The first kappa shape index (κ1) is 20.5. The molecule has 0 amide bonds. The van der Waals surface area contributed by atoms with E-state index in [-0.39, 0.29) is 10.8 Å². The molecule has 0 fully saturated rings. The second-order valence-corrected chi connectivity index (χ2v) is 10.8. The number of rotatable bonds is 4. The van der Waals surface area contributed by atoms with Crippen molar-refractivity contribution in [1.29, 1.82) is 0 Å². The van der Waals surface area contributed by atoms with Crippen molar-refractivity contribution in [2.75, 3.05) is 0 Å². The van der Waals surface area contributed by atoms with Crippen LogP contribution in [-0.4, -0.2) is 24.7 Å². The summed E-state index contributed by atoms with van der Waals surface area (Å²) >= 11 is 3.25. The highest BCUT2D eigenvalue weighted by atomic mass is 32.2. The second-order valence-electron chi connectivity index (χ2n) is 8.42. The summed E-state index contributed by atoms with van der Waals surface area (Å²) < 4.78 is 2.01. The molecule has 1 aliphatic rings. The number of thiophene rings is 1. The van der Waals surface area contributed by atoms with Crippen LogP contribution in [0.25, 0.3) is 21.6 Å². The molecule has 4 aromatic rings. The van der Waals surface area contributed by atoms with Gasteiger partial charge in [0, 0.05) is 17.5 Å². The lowest BCUT2D eigenvalue weighted by Crippen LogP contribution is -2.15. The lowest BCUT2D eigenvalue weighted by Gasteiger charge is -2.17. The van der Waals surface area contributed by atoms with Crippen molar-refractivity contribution in [2.45, 2.75) is 50.4 Å². The third-order valence-corrected chi connectivity index (χ3v) is 8.36. The molecule has 2 atom stereocenters. The van der Waals surface area contributed by atoms with Crippen molar-refractivity contribution in [2.24, 2.45) is 13.0 Å². The number of aryl methyl sites for hydroxylation is 2. The summed E-state index contributed by atoms with van der Waals surface area (Å²) in [5.41, 5.74) is 3.44. The van der Waals surface area contributed by atoms with E-state index < -0.39 is 0 Å². The number of aromatic nitrogens is 5. The van der Waals surface area contributed by atoms with Gasteiger partial charge >= 0.3 is 0 Å². The maximum Gasteiger partial charge on any atom is 0.259 e. The molecule has 0 aliphatic heterocycles. The minimum absolute atomic E-state index is 0.0157. The number of nitrogens with one attached hydrogen (secondary N) is 1. The summed E-state index contributed by atoms with van der Waals surface area (Å²) in [6.07, 6.45) is 3.17. The number of fused-ring (bicyclic) bond motifs is 3. The predicted molar refractivity (Wildman–Crippen MR) is 127 cm³/mol. The van der Waals surface area contributed by atoms with Crippen LogP contribution >= 0.6 is 23.1 Å². The van der Waals surface area contributed by atoms with Gasteiger partial charge in [0.05, 0.1) is 10.6 Å². The Labute approximate surface area is 189 Å². The zero-order valence-corrected chi connectivity index (χ0v) is 19.7. The van der Waals surface area contributed by atoms with Gasteiger partial charge in [-0.2, -0.15) is 0 Å². The van der Waals surface area contributed by atoms with Gasteiger partial charge in [0.25, 0.3) is 5.56 Å². The number of nitrogens with zero attached hydrogens (tertiary/aromatic N) is 4. The van der Waals surface area contributed by atoms with Crippen LogP contribution in [-0.2, 0) is 19.9 Å². The number of aromatic amines is 1. The van der Waals surface area contributed by atoms with Gasteiger partial charge in [-0.25, -0.2) is 4.98 Å². The number of thioether (sulfide) groups is 1. The molecule has 5 rings (SSSR count). The zero-order chi connectivity index (χ0) is 21.7. The van der Waals surface area contributed by atoms with Crippen LogP contribution < -0.4 is 5.56 Å². The molecule has 0 saturated carbocycles. The monoisotopic (exact) mass is 451 g/mol. The van der Waals surface area contributed by atoms with E-state index in [4.69, 9.17) is 4.98 Å². The summed E-state index contributed by atoms with van der Waals surface area (Å²) in [4.78, 5) is 23.0. The molecule has 1 aliphatic carbocycles. The minimum Gasteiger partial charge on any atom is -0.309 e.